The number of benzene rings is 1. The zero-order valence-corrected chi connectivity index (χ0v) is 11.7. The van der Waals surface area contributed by atoms with E-state index >= 15 is 0 Å². The maximum Gasteiger partial charge on any atom is 0.306 e. The van der Waals surface area contributed by atoms with E-state index in [-0.39, 0.29) is 30.0 Å². The third kappa shape index (κ3) is 4.16. The summed E-state index contributed by atoms with van der Waals surface area (Å²) in [7, 11) is 1.31. The Labute approximate surface area is 120 Å². The minimum Gasteiger partial charge on any atom is -0.496 e. The molecule has 1 rings (SSSR count). The fraction of sp³-hybridized carbons (Fsp3) is 0.385. The molecule has 0 spiro atoms. The molecule has 1 amide bonds. The van der Waals surface area contributed by atoms with E-state index in [2.05, 4.69) is 5.32 Å². The van der Waals surface area contributed by atoms with Crippen molar-refractivity contribution in [2.24, 2.45) is 5.92 Å². The quantitative estimate of drug-likeness (QED) is 0.580. The predicted molar refractivity (Wildman–Crippen MR) is 73.4 cm³/mol. The van der Waals surface area contributed by atoms with E-state index in [1.165, 1.54) is 32.2 Å². The Morgan fingerprint density at radius 1 is 1.48 bits per heavy atom. The van der Waals surface area contributed by atoms with E-state index in [4.69, 9.17) is 9.84 Å². The number of carbonyl (C=O) groups excluding carboxylic acids is 1. The van der Waals surface area contributed by atoms with Crippen LogP contribution in [0.5, 0.6) is 5.75 Å². The van der Waals surface area contributed by atoms with Crippen LogP contribution < -0.4 is 10.1 Å². The van der Waals surface area contributed by atoms with E-state index in [9.17, 15) is 19.7 Å². The highest BCUT2D eigenvalue weighted by atomic mass is 16.6. The largest absolute Gasteiger partial charge is 0.496 e. The summed E-state index contributed by atoms with van der Waals surface area (Å²) in [6.45, 7) is 1.61. The Kier molecular flexibility index (Phi) is 5.65. The van der Waals surface area contributed by atoms with Gasteiger partial charge in [0.15, 0.2) is 5.56 Å². The molecule has 0 bridgehead atoms. The van der Waals surface area contributed by atoms with Gasteiger partial charge in [-0.15, -0.1) is 0 Å². The molecule has 0 aliphatic rings. The van der Waals surface area contributed by atoms with Crippen molar-refractivity contribution in [3.63, 3.8) is 0 Å². The van der Waals surface area contributed by atoms with Crippen molar-refractivity contribution >= 4 is 17.6 Å². The molecule has 8 heteroatoms. The van der Waals surface area contributed by atoms with Gasteiger partial charge >= 0.3 is 5.97 Å². The Hall–Kier alpha value is -2.64. The second kappa shape index (κ2) is 7.22. The number of methoxy groups -OCH3 is 1. The molecule has 114 valence electrons. The number of nitro benzene ring substituents is 1. The van der Waals surface area contributed by atoms with Crippen LogP contribution in [0.2, 0.25) is 0 Å². The molecule has 1 aromatic carbocycles. The SMILES string of the molecule is COc1cccc([N+](=O)[O-])c1C(=O)NCCC(C)C(=O)O. The first-order valence-electron chi connectivity index (χ1n) is 6.20. The molecule has 1 atom stereocenters. The molecule has 0 heterocycles. The Bertz CT molecular complexity index is 558. The first-order valence-corrected chi connectivity index (χ1v) is 6.20. The molecule has 0 radical (unpaired) electrons. The molecular formula is C13H16N2O6. The van der Waals surface area contributed by atoms with Crippen LogP contribution in [0.1, 0.15) is 23.7 Å². The van der Waals surface area contributed by atoms with Crippen molar-refractivity contribution in [2.45, 2.75) is 13.3 Å². The molecule has 0 aromatic heterocycles. The van der Waals surface area contributed by atoms with E-state index < -0.39 is 22.7 Å². The number of carbonyl (C=O) groups is 2. The zero-order valence-electron chi connectivity index (χ0n) is 11.7. The summed E-state index contributed by atoms with van der Waals surface area (Å²) >= 11 is 0. The van der Waals surface area contributed by atoms with Crippen LogP contribution in [0, 0.1) is 16.0 Å². The van der Waals surface area contributed by atoms with Crippen LogP contribution in [0.4, 0.5) is 5.69 Å². The number of amides is 1. The first kappa shape index (κ1) is 16.4. The molecule has 0 saturated heterocycles. The third-order valence-electron chi connectivity index (χ3n) is 2.93. The van der Waals surface area contributed by atoms with Gasteiger partial charge in [0.2, 0.25) is 0 Å². The summed E-state index contributed by atoms with van der Waals surface area (Å²) in [5.41, 5.74) is -0.536. The molecule has 0 aliphatic carbocycles. The number of hydrogen-bond donors (Lipinski definition) is 2. The van der Waals surface area contributed by atoms with Crippen LogP contribution in [-0.2, 0) is 4.79 Å². The average Bonchev–Trinajstić information content (AvgIpc) is 2.45. The molecule has 0 fully saturated rings. The van der Waals surface area contributed by atoms with Crippen LogP contribution >= 0.6 is 0 Å². The summed E-state index contributed by atoms with van der Waals surface area (Å²) in [6, 6.07) is 4.07. The monoisotopic (exact) mass is 296 g/mol. The van der Waals surface area contributed by atoms with Gasteiger partial charge in [0.05, 0.1) is 18.0 Å². The molecule has 0 saturated carbocycles. The minimum absolute atomic E-state index is 0.0907. The van der Waals surface area contributed by atoms with Crippen molar-refractivity contribution in [3.8, 4) is 5.75 Å². The first-order chi connectivity index (χ1) is 9.88. The molecule has 1 unspecified atom stereocenters. The summed E-state index contributed by atoms with van der Waals surface area (Å²) in [5.74, 6) is -2.16. The van der Waals surface area contributed by atoms with E-state index in [1.807, 2.05) is 0 Å². The van der Waals surface area contributed by atoms with Crippen molar-refractivity contribution in [1.29, 1.82) is 0 Å². The average molecular weight is 296 g/mol. The number of rotatable bonds is 7. The summed E-state index contributed by atoms with van der Waals surface area (Å²) in [5, 5.41) is 22.2. The van der Waals surface area contributed by atoms with Crippen molar-refractivity contribution in [3.05, 3.63) is 33.9 Å². The lowest BCUT2D eigenvalue weighted by Gasteiger charge is -2.10. The van der Waals surface area contributed by atoms with Crippen molar-refractivity contribution in [1.82, 2.24) is 5.32 Å². The van der Waals surface area contributed by atoms with Crippen LogP contribution in [0.3, 0.4) is 0 Å². The van der Waals surface area contributed by atoms with Gasteiger partial charge in [-0.25, -0.2) is 0 Å². The van der Waals surface area contributed by atoms with Gasteiger partial charge in [-0.2, -0.15) is 0 Å². The van der Waals surface area contributed by atoms with Crippen LogP contribution in [-0.4, -0.2) is 35.6 Å². The van der Waals surface area contributed by atoms with Crippen molar-refractivity contribution in [2.75, 3.05) is 13.7 Å². The van der Waals surface area contributed by atoms with Crippen molar-refractivity contribution < 1.29 is 24.4 Å². The lowest BCUT2D eigenvalue weighted by Crippen LogP contribution is -2.28. The lowest BCUT2D eigenvalue weighted by atomic mass is 10.1. The summed E-state index contributed by atoms with van der Waals surface area (Å²) in [4.78, 5) is 33.0. The summed E-state index contributed by atoms with van der Waals surface area (Å²) in [6.07, 6.45) is 0.226. The maximum atomic E-state index is 12.1. The van der Waals surface area contributed by atoms with E-state index in [0.717, 1.165) is 0 Å². The third-order valence-corrected chi connectivity index (χ3v) is 2.93. The van der Waals surface area contributed by atoms with Crippen LogP contribution in [0.15, 0.2) is 18.2 Å². The molecular weight excluding hydrogens is 280 g/mol. The molecule has 21 heavy (non-hydrogen) atoms. The fourth-order valence-electron chi connectivity index (χ4n) is 1.68. The number of ether oxygens (including phenoxy) is 1. The topological polar surface area (TPSA) is 119 Å². The number of nitro groups is 1. The number of carboxylic acid groups (broad SMARTS) is 1. The lowest BCUT2D eigenvalue weighted by molar-refractivity contribution is -0.385. The number of aliphatic carboxylic acids is 1. The van der Waals surface area contributed by atoms with Crippen LogP contribution in [0.25, 0.3) is 0 Å². The van der Waals surface area contributed by atoms with Gasteiger partial charge in [-0.3, -0.25) is 19.7 Å². The molecule has 8 nitrogen and oxygen atoms in total. The molecule has 2 N–H and O–H groups in total. The van der Waals surface area contributed by atoms with E-state index in [0.29, 0.717) is 0 Å². The second-order valence-electron chi connectivity index (χ2n) is 4.40. The highest BCUT2D eigenvalue weighted by molar-refractivity contribution is 6.00. The second-order valence-corrected chi connectivity index (χ2v) is 4.40. The van der Waals surface area contributed by atoms with E-state index in [1.54, 1.807) is 0 Å². The van der Waals surface area contributed by atoms with Gasteiger partial charge in [-0.1, -0.05) is 13.0 Å². The number of nitrogens with one attached hydrogen (secondary N) is 1. The zero-order chi connectivity index (χ0) is 16.0. The smallest absolute Gasteiger partial charge is 0.306 e. The Morgan fingerprint density at radius 2 is 2.14 bits per heavy atom. The number of nitrogens with zero attached hydrogens (tertiary/aromatic N) is 1. The molecule has 0 aliphatic heterocycles. The highest BCUT2D eigenvalue weighted by Crippen LogP contribution is 2.27. The molecule has 1 aromatic rings. The van der Waals surface area contributed by atoms with Gasteiger partial charge < -0.3 is 15.2 Å². The minimum atomic E-state index is -0.965. The normalized spacial score (nSPS) is 11.5. The van der Waals surface area contributed by atoms with Gasteiger partial charge in [0.1, 0.15) is 5.75 Å². The fourth-order valence-corrected chi connectivity index (χ4v) is 1.68. The predicted octanol–water partition coefficient (Wildman–Crippen LogP) is 1.44. The number of carboxylic acids is 1. The Balaban J connectivity index is 2.86. The standard InChI is InChI=1S/C13H16N2O6/c1-8(13(17)18)6-7-14-12(16)11-9(15(19)20)4-3-5-10(11)21-2/h3-5,8H,6-7H2,1-2H3,(H,14,16)(H,17,18). The highest BCUT2D eigenvalue weighted by Gasteiger charge is 2.24. The summed E-state index contributed by atoms with van der Waals surface area (Å²) < 4.78 is 4.96. The Morgan fingerprint density at radius 3 is 2.67 bits per heavy atom. The van der Waals surface area contributed by atoms with Gasteiger partial charge in [0.25, 0.3) is 11.6 Å². The number of hydrogen-bond acceptors (Lipinski definition) is 5. The van der Waals surface area contributed by atoms with Gasteiger partial charge in [0, 0.05) is 12.6 Å². The maximum absolute atomic E-state index is 12.1. The van der Waals surface area contributed by atoms with Gasteiger partial charge in [-0.05, 0) is 12.5 Å².